The minimum absolute atomic E-state index is 0.542. The molecule has 0 spiro atoms. The maximum absolute atomic E-state index is 5.69. The van der Waals surface area contributed by atoms with Crippen molar-refractivity contribution >= 4 is 0 Å². The smallest absolute Gasteiger partial charge is 0.196 e. The first kappa shape index (κ1) is 12.6. The molecule has 0 aliphatic rings. The first-order valence-electron chi connectivity index (χ1n) is 5.96. The van der Waals surface area contributed by atoms with Crippen LogP contribution in [0.5, 0.6) is 5.75 Å². The molecule has 0 radical (unpaired) electrons. The van der Waals surface area contributed by atoms with Crippen molar-refractivity contribution in [1.82, 2.24) is 4.98 Å². The van der Waals surface area contributed by atoms with Gasteiger partial charge in [-0.15, -0.1) is 0 Å². The lowest BCUT2D eigenvalue weighted by Gasteiger charge is -2.09. The molecule has 2 aromatic rings. The molecule has 0 bridgehead atoms. The van der Waals surface area contributed by atoms with E-state index in [1.807, 2.05) is 19.9 Å². The Labute approximate surface area is 107 Å². The molecule has 0 saturated carbocycles. The number of nitrogens with two attached hydrogens (primary N) is 1. The Balaban J connectivity index is 2.40. The number of aryl methyl sites for hydroxylation is 2. The number of benzene rings is 1. The van der Waals surface area contributed by atoms with Crippen molar-refractivity contribution in [2.24, 2.45) is 5.73 Å². The van der Waals surface area contributed by atoms with Crippen molar-refractivity contribution < 1.29 is 9.15 Å². The summed E-state index contributed by atoms with van der Waals surface area (Å²) in [5.74, 6) is 2.35. The Morgan fingerprint density at radius 2 is 2.06 bits per heavy atom. The van der Waals surface area contributed by atoms with Crippen LogP contribution >= 0.6 is 0 Å². The molecule has 1 heterocycles. The molecule has 2 rings (SSSR count). The van der Waals surface area contributed by atoms with Crippen LogP contribution in [-0.4, -0.2) is 18.6 Å². The Morgan fingerprint density at radius 1 is 1.28 bits per heavy atom. The summed E-state index contributed by atoms with van der Waals surface area (Å²) in [7, 11) is 1.68. The average molecular weight is 246 g/mol. The molecule has 0 aliphatic heterocycles. The standard InChI is InChI=1S/C14H18N2O2/c1-9-7-12(17-3)10(2)6-11(9)13-8-16-14(18-13)4-5-15/h6-8H,4-5,15H2,1-3H3. The van der Waals surface area contributed by atoms with Gasteiger partial charge in [-0.25, -0.2) is 4.98 Å². The van der Waals surface area contributed by atoms with Crippen LogP contribution in [0.2, 0.25) is 0 Å². The molecular weight excluding hydrogens is 228 g/mol. The highest BCUT2D eigenvalue weighted by atomic mass is 16.5. The fraction of sp³-hybridized carbons (Fsp3) is 0.357. The molecule has 0 fully saturated rings. The minimum Gasteiger partial charge on any atom is -0.496 e. The summed E-state index contributed by atoms with van der Waals surface area (Å²) in [6.45, 7) is 4.59. The van der Waals surface area contributed by atoms with Gasteiger partial charge >= 0.3 is 0 Å². The SMILES string of the molecule is COc1cc(C)c(-c2cnc(CCN)o2)cc1C. The first-order valence-corrected chi connectivity index (χ1v) is 5.96. The van der Waals surface area contributed by atoms with Crippen molar-refractivity contribution in [3.8, 4) is 17.1 Å². The maximum atomic E-state index is 5.69. The van der Waals surface area contributed by atoms with Crippen LogP contribution in [0.3, 0.4) is 0 Å². The number of ether oxygens (including phenoxy) is 1. The second-order valence-electron chi connectivity index (χ2n) is 4.29. The summed E-state index contributed by atoms with van der Waals surface area (Å²) < 4.78 is 11.0. The van der Waals surface area contributed by atoms with Crippen LogP contribution in [0, 0.1) is 13.8 Å². The lowest BCUT2D eigenvalue weighted by atomic mass is 10.0. The molecule has 0 unspecified atom stereocenters. The number of hydrogen-bond acceptors (Lipinski definition) is 4. The fourth-order valence-electron chi connectivity index (χ4n) is 1.95. The largest absolute Gasteiger partial charge is 0.496 e. The number of hydrogen-bond donors (Lipinski definition) is 1. The van der Waals surface area contributed by atoms with Crippen molar-refractivity contribution in [2.75, 3.05) is 13.7 Å². The summed E-state index contributed by atoms with van der Waals surface area (Å²) in [5, 5.41) is 0. The Hall–Kier alpha value is -1.81. The molecular formula is C14H18N2O2. The highest BCUT2D eigenvalue weighted by Crippen LogP contribution is 2.30. The molecule has 2 N–H and O–H groups in total. The Morgan fingerprint density at radius 3 is 2.72 bits per heavy atom. The van der Waals surface area contributed by atoms with Gasteiger partial charge < -0.3 is 14.9 Å². The van der Waals surface area contributed by atoms with Gasteiger partial charge in [-0.05, 0) is 37.1 Å². The third-order valence-corrected chi connectivity index (χ3v) is 2.92. The van der Waals surface area contributed by atoms with Crippen molar-refractivity contribution in [1.29, 1.82) is 0 Å². The van der Waals surface area contributed by atoms with E-state index in [0.29, 0.717) is 18.9 Å². The molecule has 4 heteroatoms. The second-order valence-corrected chi connectivity index (χ2v) is 4.29. The lowest BCUT2D eigenvalue weighted by molar-refractivity contribution is 0.411. The van der Waals surface area contributed by atoms with Gasteiger partial charge in [-0.3, -0.25) is 0 Å². The third kappa shape index (κ3) is 2.38. The predicted molar refractivity (Wildman–Crippen MR) is 70.7 cm³/mol. The second kappa shape index (κ2) is 5.23. The summed E-state index contributed by atoms with van der Waals surface area (Å²) in [4.78, 5) is 4.22. The minimum atomic E-state index is 0.542. The first-order chi connectivity index (χ1) is 8.65. The highest BCUT2D eigenvalue weighted by molar-refractivity contribution is 5.64. The van der Waals surface area contributed by atoms with Gasteiger partial charge in [0.25, 0.3) is 0 Å². The van der Waals surface area contributed by atoms with Crippen LogP contribution < -0.4 is 10.5 Å². The topological polar surface area (TPSA) is 61.3 Å². The van der Waals surface area contributed by atoms with Gasteiger partial charge in [0.1, 0.15) is 5.75 Å². The monoisotopic (exact) mass is 246 g/mol. The maximum Gasteiger partial charge on any atom is 0.196 e. The molecule has 96 valence electrons. The van der Waals surface area contributed by atoms with E-state index in [-0.39, 0.29) is 0 Å². The number of aromatic nitrogens is 1. The molecule has 0 aliphatic carbocycles. The van der Waals surface area contributed by atoms with E-state index in [2.05, 4.69) is 11.1 Å². The van der Waals surface area contributed by atoms with Gasteiger partial charge in [0.15, 0.2) is 11.7 Å². The summed E-state index contributed by atoms with van der Waals surface area (Å²) in [6.07, 6.45) is 2.41. The van der Waals surface area contributed by atoms with Crippen LogP contribution in [-0.2, 0) is 6.42 Å². The number of methoxy groups -OCH3 is 1. The summed E-state index contributed by atoms with van der Waals surface area (Å²) in [6, 6.07) is 4.07. The molecule has 0 saturated heterocycles. The van der Waals surface area contributed by atoms with E-state index < -0.39 is 0 Å². The van der Waals surface area contributed by atoms with Crippen molar-refractivity contribution in [3.63, 3.8) is 0 Å². The Bertz CT molecular complexity index is 547. The van der Waals surface area contributed by atoms with Gasteiger partial charge in [0, 0.05) is 18.5 Å². The Kier molecular flexibility index (Phi) is 3.67. The molecule has 4 nitrogen and oxygen atoms in total. The van der Waals surface area contributed by atoms with Crippen LogP contribution in [0.15, 0.2) is 22.7 Å². The van der Waals surface area contributed by atoms with Gasteiger partial charge in [0.2, 0.25) is 0 Å². The quantitative estimate of drug-likeness (QED) is 0.900. The summed E-state index contributed by atoms with van der Waals surface area (Å²) in [5.41, 5.74) is 8.71. The predicted octanol–water partition coefficient (Wildman–Crippen LogP) is 2.47. The third-order valence-electron chi connectivity index (χ3n) is 2.92. The van der Waals surface area contributed by atoms with E-state index in [4.69, 9.17) is 14.9 Å². The van der Waals surface area contributed by atoms with E-state index in [1.54, 1.807) is 13.3 Å². The zero-order chi connectivity index (χ0) is 13.1. The highest BCUT2D eigenvalue weighted by Gasteiger charge is 2.11. The van der Waals surface area contributed by atoms with Crippen molar-refractivity contribution in [2.45, 2.75) is 20.3 Å². The van der Waals surface area contributed by atoms with E-state index in [1.165, 1.54) is 0 Å². The number of rotatable bonds is 4. The number of nitrogens with zero attached hydrogens (tertiary/aromatic N) is 1. The number of oxazole rings is 1. The lowest BCUT2D eigenvalue weighted by Crippen LogP contribution is -2.02. The van der Waals surface area contributed by atoms with Gasteiger partial charge in [-0.1, -0.05) is 0 Å². The van der Waals surface area contributed by atoms with Crippen molar-refractivity contribution in [3.05, 3.63) is 35.3 Å². The van der Waals surface area contributed by atoms with E-state index in [9.17, 15) is 0 Å². The average Bonchev–Trinajstić information content (AvgIpc) is 2.80. The van der Waals surface area contributed by atoms with Gasteiger partial charge in [-0.2, -0.15) is 0 Å². The normalized spacial score (nSPS) is 10.7. The van der Waals surface area contributed by atoms with E-state index in [0.717, 1.165) is 28.2 Å². The van der Waals surface area contributed by atoms with E-state index >= 15 is 0 Å². The molecule has 18 heavy (non-hydrogen) atoms. The zero-order valence-corrected chi connectivity index (χ0v) is 11.0. The molecule has 0 atom stereocenters. The van der Waals surface area contributed by atoms with Crippen LogP contribution in [0.1, 0.15) is 17.0 Å². The van der Waals surface area contributed by atoms with Crippen LogP contribution in [0.4, 0.5) is 0 Å². The molecule has 1 aromatic heterocycles. The zero-order valence-electron chi connectivity index (χ0n) is 11.0. The van der Waals surface area contributed by atoms with Gasteiger partial charge in [0.05, 0.1) is 13.3 Å². The molecule has 0 amide bonds. The molecule has 1 aromatic carbocycles. The van der Waals surface area contributed by atoms with Crippen LogP contribution in [0.25, 0.3) is 11.3 Å². The summed E-state index contributed by atoms with van der Waals surface area (Å²) >= 11 is 0. The fourth-order valence-corrected chi connectivity index (χ4v) is 1.95.